The van der Waals surface area contributed by atoms with Gasteiger partial charge in [-0.2, -0.15) is 0 Å². The zero-order valence-electron chi connectivity index (χ0n) is 5.64. The Balaban J connectivity index is 2.18. The monoisotopic (exact) mass is 128 g/mol. The molecule has 0 aromatic heterocycles. The fourth-order valence-corrected chi connectivity index (χ4v) is 0.961. The lowest BCUT2D eigenvalue weighted by atomic mass is 10.1. The molecule has 1 aliphatic heterocycles. The summed E-state index contributed by atoms with van der Waals surface area (Å²) in [6, 6.07) is 0. The van der Waals surface area contributed by atoms with Crippen molar-refractivity contribution in [3.8, 4) is 0 Å². The van der Waals surface area contributed by atoms with Crippen LogP contribution in [0.25, 0.3) is 0 Å². The van der Waals surface area contributed by atoms with Gasteiger partial charge in [-0.25, -0.2) is 5.32 Å². The normalized spacial score (nSPS) is 23.7. The minimum atomic E-state index is 0.576. The van der Waals surface area contributed by atoms with E-state index in [-0.39, 0.29) is 0 Å². The van der Waals surface area contributed by atoms with Crippen molar-refractivity contribution in [3.05, 3.63) is 0 Å². The number of nitrogens with one attached hydrogen (secondary N) is 1. The molecule has 1 rings (SSSR count). The number of rotatable bonds is 1. The van der Waals surface area contributed by atoms with Crippen molar-refractivity contribution in [1.29, 1.82) is 0 Å². The molecule has 1 atom stereocenters. The minimum Gasteiger partial charge on any atom is -0.330 e. The second-order valence-corrected chi connectivity index (χ2v) is 2.44. The van der Waals surface area contributed by atoms with E-state index in [0.29, 0.717) is 5.92 Å². The largest absolute Gasteiger partial charge is 0.330 e. The lowest BCUT2D eigenvalue weighted by Crippen LogP contribution is -2.28. The molecule has 9 heavy (non-hydrogen) atoms. The topological polar surface area (TPSA) is 52.2 Å². The van der Waals surface area contributed by atoms with Crippen molar-refractivity contribution < 1.29 is 0 Å². The van der Waals surface area contributed by atoms with Crippen LogP contribution >= 0.6 is 0 Å². The van der Waals surface area contributed by atoms with Gasteiger partial charge < -0.3 is 11.1 Å². The molecular formula is C6H14N3. The van der Waals surface area contributed by atoms with Crippen LogP contribution < -0.4 is 16.4 Å². The molecule has 1 unspecified atom stereocenters. The number of hydrogen-bond donors (Lipinski definition) is 2. The van der Waals surface area contributed by atoms with Gasteiger partial charge in [-0.3, -0.25) is 0 Å². The van der Waals surface area contributed by atoms with E-state index in [4.69, 9.17) is 5.73 Å². The first-order valence-corrected chi connectivity index (χ1v) is 3.47. The van der Waals surface area contributed by atoms with Gasteiger partial charge in [-0.15, -0.1) is 0 Å². The molecule has 1 fully saturated rings. The highest BCUT2D eigenvalue weighted by Gasteiger charge is 2.08. The quantitative estimate of drug-likeness (QED) is 0.464. The maximum absolute atomic E-state index is 5.47. The third-order valence-corrected chi connectivity index (χ3v) is 1.60. The van der Waals surface area contributed by atoms with Crippen molar-refractivity contribution in [2.45, 2.75) is 0 Å². The summed E-state index contributed by atoms with van der Waals surface area (Å²) in [5.41, 5.74) is 5.47. The molecule has 3 N–H and O–H groups in total. The third-order valence-electron chi connectivity index (χ3n) is 1.60. The highest BCUT2D eigenvalue weighted by atomic mass is 15.0. The van der Waals surface area contributed by atoms with Crippen LogP contribution in [0.1, 0.15) is 0 Å². The Kier molecular flexibility index (Phi) is 2.97. The molecule has 3 heteroatoms. The third kappa shape index (κ3) is 2.30. The van der Waals surface area contributed by atoms with Crippen molar-refractivity contribution in [2.24, 2.45) is 11.7 Å². The number of nitrogens with zero attached hydrogens (tertiary/aromatic N) is 1. The second kappa shape index (κ2) is 3.82. The second-order valence-electron chi connectivity index (χ2n) is 2.44. The summed E-state index contributed by atoms with van der Waals surface area (Å²) in [5, 5.41) is 7.56. The number of hydrogen-bond acceptors (Lipinski definition) is 2. The molecule has 0 amide bonds. The molecule has 0 aliphatic carbocycles. The number of nitrogens with two attached hydrogens (primary N) is 1. The summed E-state index contributed by atoms with van der Waals surface area (Å²) in [6.07, 6.45) is 0. The van der Waals surface area contributed by atoms with E-state index in [2.05, 4.69) is 10.6 Å². The molecular weight excluding hydrogens is 114 g/mol. The van der Waals surface area contributed by atoms with Crippen LogP contribution in [0.4, 0.5) is 0 Å². The van der Waals surface area contributed by atoms with Gasteiger partial charge in [0.1, 0.15) is 0 Å². The van der Waals surface area contributed by atoms with E-state index in [1.165, 1.54) is 0 Å². The van der Waals surface area contributed by atoms with Crippen LogP contribution in [-0.2, 0) is 0 Å². The van der Waals surface area contributed by atoms with Crippen LogP contribution in [0.15, 0.2) is 0 Å². The van der Waals surface area contributed by atoms with Gasteiger partial charge in [0.05, 0.1) is 0 Å². The van der Waals surface area contributed by atoms with E-state index in [9.17, 15) is 0 Å². The highest BCUT2D eigenvalue weighted by molar-refractivity contribution is 4.69. The summed E-state index contributed by atoms with van der Waals surface area (Å²) in [7, 11) is 0. The molecule has 1 aliphatic rings. The molecule has 0 aromatic rings. The maximum Gasteiger partial charge on any atom is 0.0258 e. The maximum atomic E-state index is 5.47. The van der Waals surface area contributed by atoms with Gasteiger partial charge >= 0.3 is 0 Å². The van der Waals surface area contributed by atoms with Crippen LogP contribution in [0, 0.1) is 5.92 Å². The van der Waals surface area contributed by atoms with Gasteiger partial charge in [0, 0.05) is 26.2 Å². The van der Waals surface area contributed by atoms with Crippen LogP contribution in [0.3, 0.4) is 0 Å². The summed E-state index contributed by atoms with van der Waals surface area (Å²) < 4.78 is 0. The van der Waals surface area contributed by atoms with Crippen LogP contribution in [-0.4, -0.2) is 32.7 Å². The average molecular weight is 128 g/mol. The molecule has 1 saturated heterocycles. The van der Waals surface area contributed by atoms with Crippen molar-refractivity contribution in [2.75, 3.05) is 32.7 Å². The Labute approximate surface area is 56.0 Å². The van der Waals surface area contributed by atoms with Gasteiger partial charge in [0.25, 0.3) is 0 Å². The Morgan fingerprint density at radius 3 is 3.33 bits per heavy atom. The molecule has 0 spiro atoms. The fourth-order valence-electron chi connectivity index (χ4n) is 0.961. The van der Waals surface area contributed by atoms with E-state index < -0.39 is 0 Å². The Morgan fingerprint density at radius 2 is 2.56 bits per heavy atom. The highest BCUT2D eigenvalue weighted by Crippen LogP contribution is 1.91. The summed E-state index contributed by atoms with van der Waals surface area (Å²) in [6.45, 7) is 4.73. The van der Waals surface area contributed by atoms with Crippen molar-refractivity contribution in [1.82, 2.24) is 10.6 Å². The Hall–Kier alpha value is -0.120. The summed E-state index contributed by atoms with van der Waals surface area (Å²) in [4.78, 5) is 0. The SMILES string of the molecule is NCC1C[N]CCNC1. The van der Waals surface area contributed by atoms with Crippen molar-refractivity contribution in [3.63, 3.8) is 0 Å². The van der Waals surface area contributed by atoms with Gasteiger partial charge in [0.15, 0.2) is 0 Å². The molecule has 0 aromatic carbocycles. The lowest BCUT2D eigenvalue weighted by Gasteiger charge is -2.08. The predicted molar refractivity (Wildman–Crippen MR) is 37.3 cm³/mol. The molecule has 1 radical (unpaired) electrons. The first-order chi connectivity index (χ1) is 4.43. The molecule has 53 valence electrons. The lowest BCUT2D eigenvalue weighted by molar-refractivity contribution is 0.506. The van der Waals surface area contributed by atoms with Crippen molar-refractivity contribution >= 4 is 0 Å². The van der Waals surface area contributed by atoms with Crippen LogP contribution in [0.5, 0.6) is 0 Å². The zero-order chi connectivity index (χ0) is 6.53. The smallest absolute Gasteiger partial charge is 0.0258 e. The van der Waals surface area contributed by atoms with Gasteiger partial charge in [-0.05, 0) is 12.5 Å². The predicted octanol–water partition coefficient (Wildman–Crippen LogP) is -1.23. The van der Waals surface area contributed by atoms with E-state index in [1.54, 1.807) is 0 Å². The Bertz CT molecular complexity index is 66.7. The summed E-state index contributed by atoms with van der Waals surface area (Å²) in [5.74, 6) is 0.576. The van der Waals surface area contributed by atoms with Gasteiger partial charge in [-0.1, -0.05) is 0 Å². The van der Waals surface area contributed by atoms with E-state index >= 15 is 0 Å². The van der Waals surface area contributed by atoms with Gasteiger partial charge in [0.2, 0.25) is 0 Å². The standard InChI is InChI=1S/C6H14N3/c7-3-6-4-8-1-2-9-5-6/h6,8H,1-5,7H2. The minimum absolute atomic E-state index is 0.576. The van der Waals surface area contributed by atoms with E-state index in [0.717, 1.165) is 32.7 Å². The molecule has 1 heterocycles. The first-order valence-electron chi connectivity index (χ1n) is 3.47. The first kappa shape index (κ1) is 6.99. The molecule has 0 saturated carbocycles. The van der Waals surface area contributed by atoms with E-state index in [1.807, 2.05) is 0 Å². The average Bonchev–Trinajstić information content (AvgIpc) is 2.13. The molecule has 3 nitrogen and oxygen atoms in total. The Morgan fingerprint density at radius 1 is 1.67 bits per heavy atom. The fraction of sp³-hybridized carbons (Fsp3) is 1.00. The zero-order valence-corrected chi connectivity index (χ0v) is 5.64. The molecule has 0 bridgehead atoms. The van der Waals surface area contributed by atoms with Crippen LogP contribution in [0.2, 0.25) is 0 Å². The summed E-state index contributed by atoms with van der Waals surface area (Å²) >= 11 is 0.